The summed E-state index contributed by atoms with van der Waals surface area (Å²) in [5.41, 5.74) is 0.0981. The lowest BCUT2D eigenvalue weighted by Crippen LogP contribution is -2.41. The maximum Gasteiger partial charge on any atom is 0.496 e. The summed E-state index contributed by atoms with van der Waals surface area (Å²) in [6.45, 7) is 15.5. The molecule has 2 aromatic heterocycles. The predicted molar refractivity (Wildman–Crippen MR) is 114 cm³/mol. The Kier molecular flexibility index (Phi) is 5.67. The van der Waals surface area contributed by atoms with E-state index in [1.54, 1.807) is 12.3 Å². The second kappa shape index (κ2) is 7.50. The zero-order valence-electron chi connectivity index (χ0n) is 18.3. The van der Waals surface area contributed by atoms with Gasteiger partial charge in [0, 0.05) is 26.3 Å². The fourth-order valence-corrected chi connectivity index (χ4v) is 3.72. The van der Waals surface area contributed by atoms with Crippen LogP contribution in [0.4, 0.5) is 0 Å². The average Bonchev–Trinajstić information content (AvgIpc) is 3.05. The van der Waals surface area contributed by atoms with Gasteiger partial charge in [0.25, 0.3) is 0 Å². The molecule has 0 unspecified atom stereocenters. The smallest absolute Gasteiger partial charge is 0.476 e. The molecule has 0 atom stereocenters. The highest BCUT2D eigenvalue weighted by molar-refractivity contribution is 6.76. The molecule has 8 nitrogen and oxygen atoms in total. The van der Waals surface area contributed by atoms with Crippen LogP contribution >= 0.6 is 0 Å². The van der Waals surface area contributed by atoms with Crippen LogP contribution in [0.2, 0.25) is 25.7 Å². The van der Waals surface area contributed by atoms with E-state index in [-0.39, 0.29) is 12.4 Å². The molecule has 0 saturated carbocycles. The van der Waals surface area contributed by atoms with Gasteiger partial charge in [0.2, 0.25) is 0 Å². The lowest BCUT2D eigenvalue weighted by molar-refractivity contribution is 0.00578. The first kappa shape index (κ1) is 21.9. The molecule has 1 N–H and O–H groups in total. The van der Waals surface area contributed by atoms with Gasteiger partial charge in [-0.1, -0.05) is 19.6 Å². The number of fused-ring (bicyclic) bond motifs is 1. The van der Waals surface area contributed by atoms with Crippen LogP contribution in [-0.2, 0) is 20.8 Å². The minimum Gasteiger partial charge on any atom is -0.476 e. The van der Waals surface area contributed by atoms with E-state index in [1.165, 1.54) is 4.68 Å². The molecule has 2 aromatic rings. The zero-order chi connectivity index (χ0) is 21.6. The Morgan fingerprint density at radius 1 is 1.24 bits per heavy atom. The van der Waals surface area contributed by atoms with Crippen molar-refractivity contribution in [3.63, 3.8) is 0 Å². The van der Waals surface area contributed by atoms with E-state index >= 15 is 0 Å². The van der Waals surface area contributed by atoms with Crippen molar-refractivity contribution in [2.45, 2.75) is 71.3 Å². The number of aromatic nitrogens is 3. The third-order valence-electron chi connectivity index (χ3n) is 5.55. The van der Waals surface area contributed by atoms with Gasteiger partial charge in [-0.25, -0.2) is 14.5 Å². The van der Waals surface area contributed by atoms with Gasteiger partial charge in [0.15, 0.2) is 11.3 Å². The van der Waals surface area contributed by atoms with Gasteiger partial charge in [-0.15, -0.1) is 0 Å². The molecule has 29 heavy (non-hydrogen) atoms. The molecule has 0 bridgehead atoms. The fraction of sp³-hybridized carbons (Fsp3) is 0.632. The molecule has 158 valence electrons. The van der Waals surface area contributed by atoms with Gasteiger partial charge in [0.05, 0.1) is 16.6 Å². The van der Waals surface area contributed by atoms with Crippen LogP contribution in [0.5, 0.6) is 0 Å². The number of hydrogen-bond donors (Lipinski definition) is 1. The lowest BCUT2D eigenvalue weighted by atomic mass is 9.80. The largest absolute Gasteiger partial charge is 0.496 e. The molecule has 10 heteroatoms. The molecule has 3 heterocycles. The number of carbonyl (C=O) groups is 1. The Bertz CT molecular complexity index is 906. The van der Waals surface area contributed by atoms with Gasteiger partial charge in [-0.05, 0) is 39.8 Å². The van der Waals surface area contributed by atoms with Crippen LogP contribution in [0.1, 0.15) is 38.2 Å². The Balaban J connectivity index is 1.87. The molecule has 1 aliphatic heterocycles. The number of carboxylic acid groups (broad SMARTS) is 1. The number of ether oxygens (including phenoxy) is 1. The van der Waals surface area contributed by atoms with E-state index in [9.17, 15) is 9.90 Å². The summed E-state index contributed by atoms with van der Waals surface area (Å²) >= 11 is 0. The molecule has 1 fully saturated rings. The van der Waals surface area contributed by atoms with Crippen molar-refractivity contribution < 1.29 is 23.9 Å². The summed E-state index contributed by atoms with van der Waals surface area (Å²) in [4.78, 5) is 16.2. The van der Waals surface area contributed by atoms with Crippen molar-refractivity contribution in [1.82, 2.24) is 14.8 Å². The molecule has 0 radical (unpaired) electrons. The normalized spacial score (nSPS) is 18.5. The summed E-state index contributed by atoms with van der Waals surface area (Å²) in [6.07, 6.45) is 1.65. The van der Waals surface area contributed by atoms with Crippen LogP contribution in [0, 0.1) is 0 Å². The van der Waals surface area contributed by atoms with Crippen LogP contribution < -0.4 is 5.46 Å². The average molecular weight is 419 g/mol. The van der Waals surface area contributed by atoms with Gasteiger partial charge in [0.1, 0.15) is 6.73 Å². The monoisotopic (exact) mass is 419 g/mol. The lowest BCUT2D eigenvalue weighted by Gasteiger charge is -2.32. The first-order valence-electron chi connectivity index (χ1n) is 9.84. The summed E-state index contributed by atoms with van der Waals surface area (Å²) < 4.78 is 19.4. The Labute approximate surface area is 172 Å². The van der Waals surface area contributed by atoms with Gasteiger partial charge < -0.3 is 19.2 Å². The predicted octanol–water partition coefficient (Wildman–Crippen LogP) is 2.74. The number of hydrogen-bond acceptors (Lipinski definition) is 6. The van der Waals surface area contributed by atoms with Crippen LogP contribution in [0.25, 0.3) is 11.0 Å². The van der Waals surface area contributed by atoms with Crippen molar-refractivity contribution in [3.05, 3.63) is 18.0 Å². The van der Waals surface area contributed by atoms with Crippen molar-refractivity contribution >= 4 is 37.7 Å². The number of nitrogens with zero attached hydrogens (tertiary/aromatic N) is 3. The molecular weight excluding hydrogens is 389 g/mol. The summed E-state index contributed by atoms with van der Waals surface area (Å²) in [5, 5.41) is 14.2. The first-order chi connectivity index (χ1) is 13.3. The van der Waals surface area contributed by atoms with Crippen molar-refractivity contribution in [2.75, 3.05) is 6.61 Å². The van der Waals surface area contributed by atoms with E-state index < -0.39 is 32.4 Å². The summed E-state index contributed by atoms with van der Waals surface area (Å²) in [7, 11) is -1.82. The molecular formula is C19H30BN3O5Si. The molecule has 1 aliphatic rings. The van der Waals surface area contributed by atoms with E-state index in [4.69, 9.17) is 14.0 Å². The zero-order valence-corrected chi connectivity index (χ0v) is 19.3. The second-order valence-electron chi connectivity index (χ2n) is 9.73. The third-order valence-corrected chi connectivity index (χ3v) is 7.25. The molecule has 0 spiro atoms. The Hall–Kier alpha value is -1.75. The Morgan fingerprint density at radius 2 is 1.86 bits per heavy atom. The maximum atomic E-state index is 11.7. The SMILES string of the molecule is CC1(C)OB(c2cnc3c(c2)c(C(=O)O)nn3COCC[Si](C)(C)C)OC1(C)C. The number of pyridine rings is 1. The molecule has 0 amide bonds. The minimum atomic E-state index is -1.20. The quantitative estimate of drug-likeness (QED) is 0.545. The molecule has 0 aromatic carbocycles. The van der Waals surface area contributed by atoms with Gasteiger partial charge in [-0.3, -0.25) is 0 Å². The number of aromatic carboxylic acids is 1. The van der Waals surface area contributed by atoms with Gasteiger partial charge in [-0.2, -0.15) is 5.10 Å². The Morgan fingerprint density at radius 3 is 2.41 bits per heavy atom. The van der Waals surface area contributed by atoms with Crippen molar-refractivity contribution in [3.8, 4) is 0 Å². The number of carboxylic acids is 1. The van der Waals surface area contributed by atoms with Crippen LogP contribution in [-0.4, -0.2) is 58.8 Å². The highest BCUT2D eigenvalue weighted by atomic mass is 28.3. The van der Waals surface area contributed by atoms with E-state index in [0.717, 1.165) is 6.04 Å². The van der Waals surface area contributed by atoms with Crippen molar-refractivity contribution in [2.24, 2.45) is 0 Å². The topological polar surface area (TPSA) is 95.7 Å². The molecule has 0 aliphatic carbocycles. The summed E-state index contributed by atoms with van der Waals surface area (Å²) in [6, 6.07) is 2.76. The second-order valence-corrected chi connectivity index (χ2v) is 15.4. The van der Waals surface area contributed by atoms with E-state index in [2.05, 4.69) is 29.7 Å². The molecule has 1 saturated heterocycles. The van der Waals surface area contributed by atoms with Crippen molar-refractivity contribution in [1.29, 1.82) is 0 Å². The fourth-order valence-electron chi connectivity index (χ4n) is 2.96. The third kappa shape index (κ3) is 4.55. The van der Waals surface area contributed by atoms with E-state index in [0.29, 0.717) is 23.1 Å². The maximum absolute atomic E-state index is 11.7. The standard InChI is InChI=1S/C19H30BN3O5Si/c1-18(2)19(3,4)28-20(27-18)13-10-14-15(17(24)25)22-23(16(14)21-11-13)12-26-8-9-29(5,6)7/h10-11H,8-9,12H2,1-7H3,(H,24,25). The first-order valence-corrected chi connectivity index (χ1v) is 13.5. The minimum absolute atomic E-state index is 0.0559. The number of rotatable bonds is 7. The van der Waals surface area contributed by atoms with Crippen LogP contribution in [0.3, 0.4) is 0 Å². The van der Waals surface area contributed by atoms with Gasteiger partial charge >= 0.3 is 13.1 Å². The summed E-state index contributed by atoms with van der Waals surface area (Å²) in [5.74, 6) is -1.11. The highest BCUT2D eigenvalue weighted by Gasteiger charge is 2.52. The van der Waals surface area contributed by atoms with E-state index in [1.807, 2.05) is 27.7 Å². The molecule has 3 rings (SSSR count). The highest BCUT2D eigenvalue weighted by Crippen LogP contribution is 2.36. The van der Waals surface area contributed by atoms with Crippen LogP contribution in [0.15, 0.2) is 12.3 Å².